The zero-order valence-electron chi connectivity index (χ0n) is 14.3. The highest BCUT2D eigenvalue weighted by Gasteiger charge is 2.33. The number of nitrogens with two attached hydrogens (primary N) is 1. The summed E-state index contributed by atoms with van der Waals surface area (Å²) < 4.78 is 1.94. The van der Waals surface area contributed by atoms with Gasteiger partial charge in [-0.1, -0.05) is 35.5 Å². The van der Waals surface area contributed by atoms with Gasteiger partial charge in [0.15, 0.2) is 0 Å². The SMILES string of the molecule is CC(C)(C)n1cc(CN2C[C@@H](CN)[C@H](c3ccccc3)C2)nn1. The van der Waals surface area contributed by atoms with Crippen LogP contribution in [0.3, 0.4) is 0 Å². The molecule has 1 aliphatic rings. The molecule has 0 bridgehead atoms. The van der Waals surface area contributed by atoms with E-state index in [1.54, 1.807) is 0 Å². The van der Waals surface area contributed by atoms with Crippen LogP contribution in [0.4, 0.5) is 0 Å². The van der Waals surface area contributed by atoms with Crippen LogP contribution in [-0.4, -0.2) is 39.5 Å². The molecule has 0 unspecified atom stereocenters. The second-order valence-electron chi connectivity index (χ2n) is 7.53. The smallest absolute Gasteiger partial charge is 0.0967 e. The molecule has 2 N–H and O–H groups in total. The molecule has 0 aliphatic carbocycles. The van der Waals surface area contributed by atoms with Crippen molar-refractivity contribution in [1.82, 2.24) is 19.9 Å². The summed E-state index contributed by atoms with van der Waals surface area (Å²) in [7, 11) is 0. The number of hydrogen-bond acceptors (Lipinski definition) is 4. The summed E-state index contributed by atoms with van der Waals surface area (Å²) in [6.45, 7) is 10.0. The van der Waals surface area contributed by atoms with Crippen molar-refractivity contribution in [1.29, 1.82) is 0 Å². The molecule has 1 aromatic carbocycles. The Labute approximate surface area is 138 Å². The number of benzene rings is 1. The first-order valence-electron chi connectivity index (χ1n) is 8.36. The highest BCUT2D eigenvalue weighted by atomic mass is 15.4. The molecule has 5 nitrogen and oxygen atoms in total. The van der Waals surface area contributed by atoms with Crippen LogP contribution in [0.2, 0.25) is 0 Å². The summed E-state index contributed by atoms with van der Waals surface area (Å²) in [6, 6.07) is 10.7. The number of hydrogen-bond donors (Lipinski definition) is 1. The van der Waals surface area contributed by atoms with E-state index < -0.39 is 0 Å². The first kappa shape index (κ1) is 16.1. The minimum absolute atomic E-state index is 0.0252. The number of rotatable bonds is 4. The van der Waals surface area contributed by atoms with E-state index in [-0.39, 0.29) is 5.54 Å². The van der Waals surface area contributed by atoms with Crippen molar-refractivity contribution in [3.8, 4) is 0 Å². The van der Waals surface area contributed by atoms with Gasteiger partial charge in [-0.05, 0) is 38.8 Å². The molecule has 1 aliphatic heterocycles. The number of nitrogens with zero attached hydrogens (tertiary/aromatic N) is 4. The average molecular weight is 313 g/mol. The quantitative estimate of drug-likeness (QED) is 0.940. The highest BCUT2D eigenvalue weighted by Crippen LogP contribution is 2.32. The van der Waals surface area contributed by atoms with Crippen LogP contribution in [0.15, 0.2) is 36.5 Å². The minimum Gasteiger partial charge on any atom is -0.330 e. The van der Waals surface area contributed by atoms with Crippen molar-refractivity contribution in [3.05, 3.63) is 47.8 Å². The second kappa shape index (κ2) is 6.42. The molecule has 1 fully saturated rings. The molecule has 0 saturated carbocycles. The van der Waals surface area contributed by atoms with Crippen LogP contribution in [0.25, 0.3) is 0 Å². The first-order chi connectivity index (χ1) is 11.0. The van der Waals surface area contributed by atoms with E-state index in [1.165, 1.54) is 5.56 Å². The predicted molar refractivity (Wildman–Crippen MR) is 92.0 cm³/mol. The molecule has 5 heteroatoms. The Morgan fingerprint density at radius 3 is 2.52 bits per heavy atom. The Hall–Kier alpha value is -1.72. The minimum atomic E-state index is -0.0252. The van der Waals surface area contributed by atoms with Gasteiger partial charge >= 0.3 is 0 Å². The summed E-state index contributed by atoms with van der Waals surface area (Å²) in [6.07, 6.45) is 2.06. The van der Waals surface area contributed by atoms with Gasteiger partial charge < -0.3 is 5.73 Å². The van der Waals surface area contributed by atoms with Crippen LogP contribution in [0.5, 0.6) is 0 Å². The van der Waals surface area contributed by atoms with Crippen molar-refractivity contribution >= 4 is 0 Å². The summed E-state index contributed by atoms with van der Waals surface area (Å²) >= 11 is 0. The van der Waals surface area contributed by atoms with Crippen molar-refractivity contribution < 1.29 is 0 Å². The third-order valence-corrected chi connectivity index (χ3v) is 4.66. The van der Waals surface area contributed by atoms with Gasteiger partial charge in [0.25, 0.3) is 0 Å². The van der Waals surface area contributed by atoms with Gasteiger partial charge in [0, 0.05) is 25.6 Å². The molecule has 2 aromatic rings. The molecule has 0 amide bonds. The van der Waals surface area contributed by atoms with Gasteiger partial charge in [0.1, 0.15) is 0 Å². The summed E-state index contributed by atoms with van der Waals surface area (Å²) in [4.78, 5) is 2.45. The summed E-state index contributed by atoms with van der Waals surface area (Å²) in [5, 5.41) is 8.60. The van der Waals surface area contributed by atoms with Gasteiger partial charge in [-0.3, -0.25) is 4.90 Å². The van der Waals surface area contributed by atoms with Crippen LogP contribution in [-0.2, 0) is 12.1 Å². The molecule has 2 heterocycles. The molecule has 0 spiro atoms. The van der Waals surface area contributed by atoms with Crippen LogP contribution in [0.1, 0.15) is 37.9 Å². The van der Waals surface area contributed by atoms with Crippen molar-refractivity contribution in [2.75, 3.05) is 19.6 Å². The van der Waals surface area contributed by atoms with Crippen molar-refractivity contribution in [2.45, 2.75) is 38.8 Å². The lowest BCUT2D eigenvalue weighted by Gasteiger charge is -2.18. The van der Waals surface area contributed by atoms with Crippen LogP contribution >= 0.6 is 0 Å². The van der Waals surface area contributed by atoms with Crippen LogP contribution in [0, 0.1) is 5.92 Å². The number of likely N-dealkylation sites (tertiary alicyclic amines) is 1. The molecule has 1 aromatic heterocycles. The maximum absolute atomic E-state index is 6.02. The molecular formula is C18H27N5. The zero-order valence-corrected chi connectivity index (χ0v) is 14.3. The number of aromatic nitrogens is 3. The van der Waals surface area contributed by atoms with E-state index in [9.17, 15) is 0 Å². The zero-order chi connectivity index (χ0) is 16.4. The first-order valence-corrected chi connectivity index (χ1v) is 8.36. The molecule has 23 heavy (non-hydrogen) atoms. The van der Waals surface area contributed by atoms with E-state index in [2.05, 4.69) is 72.5 Å². The maximum Gasteiger partial charge on any atom is 0.0967 e. The fourth-order valence-corrected chi connectivity index (χ4v) is 3.33. The van der Waals surface area contributed by atoms with Gasteiger partial charge in [0.05, 0.1) is 17.4 Å². The van der Waals surface area contributed by atoms with Gasteiger partial charge in [-0.25, -0.2) is 4.68 Å². The summed E-state index contributed by atoms with van der Waals surface area (Å²) in [5.41, 5.74) is 8.42. The maximum atomic E-state index is 6.02. The molecule has 0 radical (unpaired) electrons. The van der Waals surface area contributed by atoms with Crippen molar-refractivity contribution in [2.24, 2.45) is 11.7 Å². The Morgan fingerprint density at radius 2 is 1.91 bits per heavy atom. The van der Waals surface area contributed by atoms with Gasteiger partial charge in [-0.2, -0.15) is 0 Å². The fourth-order valence-electron chi connectivity index (χ4n) is 3.33. The van der Waals surface area contributed by atoms with E-state index in [0.29, 0.717) is 11.8 Å². The largest absolute Gasteiger partial charge is 0.330 e. The Balaban J connectivity index is 1.69. The molecule has 3 rings (SSSR count). The van der Waals surface area contributed by atoms with E-state index >= 15 is 0 Å². The fraction of sp³-hybridized carbons (Fsp3) is 0.556. The topological polar surface area (TPSA) is 60.0 Å². The summed E-state index contributed by atoms with van der Waals surface area (Å²) in [5.74, 6) is 1.02. The Bertz CT molecular complexity index is 628. The van der Waals surface area contributed by atoms with Crippen LogP contribution < -0.4 is 5.73 Å². The standard InChI is InChI=1S/C18H27N5/c1-18(2,3)23-12-16(20-21-23)11-22-10-15(9-19)17(13-22)14-7-5-4-6-8-14/h4-8,12,15,17H,9-11,13,19H2,1-3H3/t15-,17+/m1/s1. The second-order valence-corrected chi connectivity index (χ2v) is 7.53. The van der Waals surface area contributed by atoms with E-state index in [0.717, 1.165) is 31.9 Å². The van der Waals surface area contributed by atoms with Crippen molar-refractivity contribution in [3.63, 3.8) is 0 Å². The third-order valence-electron chi connectivity index (χ3n) is 4.66. The lowest BCUT2D eigenvalue weighted by atomic mass is 9.89. The van der Waals surface area contributed by atoms with Gasteiger partial charge in [-0.15, -0.1) is 5.10 Å². The Morgan fingerprint density at radius 1 is 1.17 bits per heavy atom. The Kier molecular flexibility index (Phi) is 4.50. The lowest BCUT2D eigenvalue weighted by molar-refractivity contribution is 0.312. The average Bonchev–Trinajstić information content (AvgIpc) is 3.15. The van der Waals surface area contributed by atoms with Gasteiger partial charge in [0.2, 0.25) is 0 Å². The highest BCUT2D eigenvalue weighted by molar-refractivity contribution is 5.22. The van der Waals surface area contributed by atoms with E-state index in [4.69, 9.17) is 5.73 Å². The lowest BCUT2D eigenvalue weighted by Crippen LogP contribution is -2.23. The molecule has 2 atom stereocenters. The molecule has 124 valence electrons. The molecule has 1 saturated heterocycles. The normalized spacial score (nSPS) is 22.6. The monoisotopic (exact) mass is 313 g/mol. The predicted octanol–water partition coefficient (Wildman–Crippen LogP) is 2.21. The molecular weight excluding hydrogens is 286 g/mol. The van der Waals surface area contributed by atoms with E-state index in [1.807, 2.05) is 4.68 Å². The third kappa shape index (κ3) is 3.62.